The van der Waals surface area contributed by atoms with Crippen LogP contribution < -0.4 is 9.64 Å². The number of alkyl halides is 3. The van der Waals surface area contributed by atoms with Gasteiger partial charge in [-0.1, -0.05) is 18.2 Å². The second-order valence-electron chi connectivity index (χ2n) is 7.71. The standard InChI is InChI=1S/C26H24F3NO4/c1-3-30(21-8-5-7-20(16-21)26(27,28)29)25(33)19-6-4-9-22(15-19)34-23-12-10-18(17(2)14-23)11-13-24(31)32/h4-10,12,14-16H,3,11,13H2,1-2H3,(H,31,32). The highest BCUT2D eigenvalue weighted by atomic mass is 19.4. The molecule has 0 atom stereocenters. The lowest BCUT2D eigenvalue weighted by molar-refractivity contribution is -0.138. The van der Waals surface area contributed by atoms with Crippen molar-refractivity contribution >= 4 is 17.6 Å². The van der Waals surface area contributed by atoms with E-state index in [-0.39, 0.29) is 24.2 Å². The fourth-order valence-corrected chi connectivity index (χ4v) is 3.53. The first-order valence-electron chi connectivity index (χ1n) is 10.7. The number of hydrogen-bond acceptors (Lipinski definition) is 3. The van der Waals surface area contributed by atoms with E-state index in [1.54, 1.807) is 43.3 Å². The number of amides is 1. The summed E-state index contributed by atoms with van der Waals surface area (Å²) in [4.78, 5) is 25.2. The van der Waals surface area contributed by atoms with Gasteiger partial charge < -0.3 is 14.7 Å². The lowest BCUT2D eigenvalue weighted by Gasteiger charge is -2.22. The summed E-state index contributed by atoms with van der Waals surface area (Å²) in [6.45, 7) is 3.73. The number of halogens is 3. The SMILES string of the molecule is CCN(C(=O)c1cccc(Oc2ccc(CCC(=O)O)c(C)c2)c1)c1cccc(C(F)(F)F)c1. The quantitative estimate of drug-likeness (QED) is 0.408. The zero-order chi connectivity index (χ0) is 24.9. The van der Waals surface area contributed by atoms with Gasteiger partial charge in [0, 0.05) is 24.2 Å². The first-order chi connectivity index (χ1) is 16.1. The summed E-state index contributed by atoms with van der Waals surface area (Å²) in [6, 6.07) is 16.4. The number of nitrogens with zero attached hydrogens (tertiary/aromatic N) is 1. The summed E-state index contributed by atoms with van der Waals surface area (Å²) in [7, 11) is 0. The number of aliphatic carboxylic acids is 1. The number of carbonyl (C=O) groups is 2. The van der Waals surface area contributed by atoms with Gasteiger partial charge >= 0.3 is 12.1 Å². The Labute approximate surface area is 195 Å². The molecular weight excluding hydrogens is 447 g/mol. The van der Waals surface area contributed by atoms with Crippen molar-refractivity contribution < 1.29 is 32.6 Å². The molecule has 0 bridgehead atoms. The predicted octanol–water partition coefficient (Wildman–Crippen LogP) is 6.49. The van der Waals surface area contributed by atoms with Crippen molar-refractivity contribution in [3.8, 4) is 11.5 Å². The van der Waals surface area contributed by atoms with Crippen LogP contribution in [0.4, 0.5) is 18.9 Å². The fraction of sp³-hybridized carbons (Fsp3) is 0.231. The summed E-state index contributed by atoms with van der Waals surface area (Å²) in [6.07, 6.45) is -4.06. The molecule has 0 spiro atoms. The summed E-state index contributed by atoms with van der Waals surface area (Å²) in [5, 5.41) is 8.86. The van der Waals surface area contributed by atoms with Crippen molar-refractivity contribution in [2.45, 2.75) is 32.9 Å². The molecular formula is C26H24F3NO4. The number of carboxylic acid groups (broad SMARTS) is 1. The minimum absolute atomic E-state index is 0.0327. The molecule has 1 N–H and O–H groups in total. The van der Waals surface area contributed by atoms with E-state index in [9.17, 15) is 22.8 Å². The van der Waals surface area contributed by atoms with Crippen LogP contribution >= 0.6 is 0 Å². The second-order valence-corrected chi connectivity index (χ2v) is 7.71. The van der Waals surface area contributed by atoms with E-state index in [4.69, 9.17) is 9.84 Å². The number of ether oxygens (including phenoxy) is 1. The van der Waals surface area contributed by atoms with Gasteiger partial charge in [0.2, 0.25) is 0 Å². The van der Waals surface area contributed by atoms with E-state index >= 15 is 0 Å². The highest BCUT2D eigenvalue weighted by Gasteiger charge is 2.31. The number of anilines is 1. The molecule has 8 heteroatoms. The molecule has 0 aliphatic heterocycles. The van der Waals surface area contributed by atoms with Crippen LogP contribution in [-0.2, 0) is 17.4 Å². The Bertz CT molecular complexity index is 1190. The molecule has 3 rings (SSSR count). The number of aryl methyl sites for hydroxylation is 2. The van der Waals surface area contributed by atoms with Gasteiger partial charge in [0.15, 0.2) is 0 Å². The van der Waals surface area contributed by atoms with Gasteiger partial charge in [0.05, 0.1) is 5.56 Å². The monoisotopic (exact) mass is 471 g/mol. The molecule has 0 radical (unpaired) electrons. The van der Waals surface area contributed by atoms with E-state index in [1.807, 2.05) is 6.92 Å². The maximum atomic E-state index is 13.1. The molecule has 0 aliphatic rings. The van der Waals surface area contributed by atoms with Crippen molar-refractivity contribution in [3.05, 3.63) is 89.0 Å². The molecule has 5 nitrogen and oxygen atoms in total. The van der Waals surface area contributed by atoms with Gasteiger partial charge in [-0.25, -0.2) is 0 Å². The van der Waals surface area contributed by atoms with E-state index in [1.165, 1.54) is 23.1 Å². The summed E-state index contributed by atoms with van der Waals surface area (Å²) in [5.41, 5.74) is 1.38. The van der Waals surface area contributed by atoms with Crippen LogP contribution in [0.5, 0.6) is 11.5 Å². The third-order valence-corrected chi connectivity index (χ3v) is 5.29. The van der Waals surface area contributed by atoms with Gasteiger partial charge in [-0.15, -0.1) is 0 Å². The fourth-order valence-electron chi connectivity index (χ4n) is 3.53. The minimum atomic E-state index is -4.51. The average Bonchev–Trinajstić information content (AvgIpc) is 2.79. The molecule has 0 aromatic heterocycles. The molecule has 0 saturated heterocycles. The maximum absolute atomic E-state index is 13.1. The van der Waals surface area contributed by atoms with Gasteiger partial charge in [-0.3, -0.25) is 9.59 Å². The molecule has 0 heterocycles. The van der Waals surface area contributed by atoms with Crippen LogP contribution in [0.15, 0.2) is 66.7 Å². The third-order valence-electron chi connectivity index (χ3n) is 5.29. The van der Waals surface area contributed by atoms with Crippen molar-refractivity contribution in [2.24, 2.45) is 0 Å². The predicted molar refractivity (Wildman–Crippen MR) is 122 cm³/mol. The molecule has 3 aromatic rings. The van der Waals surface area contributed by atoms with E-state index in [2.05, 4.69) is 0 Å². The van der Waals surface area contributed by atoms with Crippen molar-refractivity contribution in [3.63, 3.8) is 0 Å². The van der Waals surface area contributed by atoms with Crippen LogP contribution in [0.1, 0.15) is 40.4 Å². The van der Waals surface area contributed by atoms with Crippen LogP contribution in [0.2, 0.25) is 0 Å². The maximum Gasteiger partial charge on any atom is 0.416 e. The first kappa shape index (κ1) is 24.8. The van der Waals surface area contributed by atoms with E-state index < -0.39 is 23.6 Å². The lowest BCUT2D eigenvalue weighted by atomic mass is 10.0. The van der Waals surface area contributed by atoms with Gasteiger partial charge in [-0.2, -0.15) is 13.2 Å². The Morgan fingerprint density at radius 3 is 2.32 bits per heavy atom. The van der Waals surface area contributed by atoms with Crippen LogP contribution in [0.25, 0.3) is 0 Å². The van der Waals surface area contributed by atoms with E-state index in [0.717, 1.165) is 23.3 Å². The Hall–Kier alpha value is -3.81. The molecule has 178 valence electrons. The Morgan fingerprint density at radius 1 is 0.971 bits per heavy atom. The first-order valence-corrected chi connectivity index (χ1v) is 10.7. The smallest absolute Gasteiger partial charge is 0.416 e. The zero-order valence-electron chi connectivity index (χ0n) is 18.7. The zero-order valence-corrected chi connectivity index (χ0v) is 18.7. The molecule has 0 saturated carbocycles. The molecule has 34 heavy (non-hydrogen) atoms. The van der Waals surface area contributed by atoms with Crippen LogP contribution in [0, 0.1) is 6.92 Å². The lowest BCUT2D eigenvalue weighted by Crippen LogP contribution is -2.30. The Balaban J connectivity index is 1.80. The third kappa shape index (κ3) is 6.15. The van der Waals surface area contributed by atoms with Crippen LogP contribution in [-0.4, -0.2) is 23.5 Å². The summed E-state index contributed by atoms with van der Waals surface area (Å²) >= 11 is 0. The van der Waals surface area contributed by atoms with Crippen molar-refractivity contribution in [1.29, 1.82) is 0 Å². The summed E-state index contributed by atoms with van der Waals surface area (Å²) in [5.74, 6) is -0.407. The summed E-state index contributed by atoms with van der Waals surface area (Å²) < 4.78 is 45.2. The molecule has 3 aromatic carbocycles. The van der Waals surface area contributed by atoms with Gasteiger partial charge in [0.25, 0.3) is 5.91 Å². The number of carbonyl (C=O) groups excluding carboxylic acids is 1. The van der Waals surface area contributed by atoms with Crippen molar-refractivity contribution in [2.75, 3.05) is 11.4 Å². The average molecular weight is 471 g/mol. The number of rotatable bonds is 8. The second kappa shape index (κ2) is 10.4. The molecule has 0 unspecified atom stereocenters. The number of benzene rings is 3. The Kier molecular flexibility index (Phi) is 7.61. The van der Waals surface area contributed by atoms with Crippen molar-refractivity contribution in [1.82, 2.24) is 0 Å². The number of hydrogen-bond donors (Lipinski definition) is 1. The Morgan fingerprint density at radius 2 is 1.68 bits per heavy atom. The highest BCUT2D eigenvalue weighted by Crippen LogP contribution is 2.32. The van der Waals surface area contributed by atoms with Gasteiger partial charge in [0.1, 0.15) is 11.5 Å². The minimum Gasteiger partial charge on any atom is -0.481 e. The molecule has 0 fully saturated rings. The highest BCUT2D eigenvalue weighted by molar-refractivity contribution is 6.06. The normalized spacial score (nSPS) is 11.2. The number of carboxylic acids is 1. The van der Waals surface area contributed by atoms with Gasteiger partial charge in [-0.05, 0) is 79.9 Å². The van der Waals surface area contributed by atoms with Crippen LogP contribution in [0.3, 0.4) is 0 Å². The largest absolute Gasteiger partial charge is 0.481 e. The molecule has 0 aliphatic carbocycles. The molecule has 1 amide bonds. The topological polar surface area (TPSA) is 66.8 Å². The van der Waals surface area contributed by atoms with E-state index in [0.29, 0.717) is 17.9 Å².